The number of carbonyl (C=O) groups is 2. The second-order valence-corrected chi connectivity index (χ2v) is 4.07. The minimum Gasteiger partial charge on any atom is -0.454 e. The van der Waals surface area contributed by atoms with Gasteiger partial charge in [-0.3, -0.25) is 14.9 Å². The highest BCUT2D eigenvalue weighted by atomic mass is 16.6. The van der Waals surface area contributed by atoms with E-state index in [1.165, 1.54) is 12.1 Å². The van der Waals surface area contributed by atoms with Crippen LogP contribution in [0.15, 0.2) is 18.2 Å². The topological polar surface area (TPSA) is 108 Å². The molecule has 8 heteroatoms. The van der Waals surface area contributed by atoms with E-state index in [4.69, 9.17) is 4.74 Å². The molecule has 0 saturated carbocycles. The molecular weight excluding hydrogens is 280 g/mol. The zero-order valence-electron chi connectivity index (χ0n) is 11.8. The van der Waals surface area contributed by atoms with Gasteiger partial charge in [0.15, 0.2) is 6.61 Å². The Morgan fingerprint density at radius 2 is 2.05 bits per heavy atom. The summed E-state index contributed by atoms with van der Waals surface area (Å²) in [5.41, 5.74) is 0.413. The minimum absolute atomic E-state index is 0.0911. The lowest BCUT2D eigenvalue weighted by atomic mass is 10.1. The highest BCUT2D eigenvalue weighted by molar-refractivity contribution is 5.95. The molecule has 0 bridgehead atoms. The molecule has 0 saturated heterocycles. The first-order valence-corrected chi connectivity index (χ1v) is 6.23. The van der Waals surface area contributed by atoms with Crippen LogP contribution in [0.25, 0.3) is 0 Å². The molecule has 0 aliphatic carbocycles. The SMILES string of the molecule is CCOCC(=O)OCC(=O)Nc1c(C)cccc1[N+](=O)[O-]. The van der Waals surface area contributed by atoms with Gasteiger partial charge in [0.05, 0.1) is 4.92 Å². The summed E-state index contributed by atoms with van der Waals surface area (Å²) in [5, 5.41) is 13.3. The summed E-state index contributed by atoms with van der Waals surface area (Å²) in [6, 6.07) is 4.43. The number of amides is 1. The molecule has 0 aliphatic heterocycles. The number of esters is 1. The number of hydrogen-bond donors (Lipinski definition) is 1. The third kappa shape index (κ3) is 5.19. The lowest BCUT2D eigenvalue weighted by Gasteiger charge is -2.09. The van der Waals surface area contributed by atoms with E-state index in [1.807, 2.05) is 0 Å². The van der Waals surface area contributed by atoms with E-state index in [2.05, 4.69) is 10.1 Å². The van der Waals surface area contributed by atoms with Crippen LogP contribution in [-0.2, 0) is 19.1 Å². The molecule has 8 nitrogen and oxygen atoms in total. The first-order valence-electron chi connectivity index (χ1n) is 6.23. The van der Waals surface area contributed by atoms with Crippen molar-refractivity contribution < 1.29 is 24.0 Å². The van der Waals surface area contributed by atoms with E-state index in [-0.39, 0.29) is 18.0 Å². The van der Waals surface area contributed by atoms with Gasteiger partial charge in [0.1, 0.15) is 12.3 Å². The Bertz CT molecular complexity index is 543. The van der Waals surface area contributed by atoms with E-state index in [9.17, 15) is 19.7 Å². The number of nitrogens with zero attached hydrogens (tertiary/aromatic N) is 1. The van der Waals surface area contributed by atoms with Gasteiger partial charge in [-0.1, -0.05) is 12.1 Å². The number of para-hydroxylation sites is 1. The van der Waals surface area contributed by atoms with Crippen molar-refractivity contribution in [3.8, 4) is 0 Å². The summed E-state index contributed by atoms with van der Waals surface area (Å²) in [6.45, 7) is 2.93. The molecule has 1 N–H and O–H groups in total. The van der Waals surface area contributed by atoms with Crippen molar-refractivity contribution in [3.63, 3.8) is 0 Å². The molecule has 1 aromatic carbocycles. The van der Waals surface area contributed by atoms with Crippen LogP contribution in [-0.4, -0.2) is 36.6 Å². The van der Waals surface area contributed by atoms with Crippen molar-refractivity contribution >= 4 is 23.3 Å². The van der Waals surface area contributed by atoms with Crippen molar-refractivity contribution in [2.24, 2.45) is 0 Å². The molecule has 1 aromatic rings. The highest BCUT2D eigenvalue weighted by Crippen LogP contribution is 2.27. The van der Waals surface area contributed by atoms with Gasteiger partial charge in [-0.05, 0) is 19.4 Å². The van der Waals surface area contributed by atoms with Crippen LogP contribution in [0.3, 0.4) is 0 Å². The molecule has 0 aromatic heterocycles. The molecule has 1 rings (SSSR count). The molecule has 1 amide bonds. The van der Waals surface area contributed by atoms with Crippen LogP contribution in [0, 0.1) is 17.0 Å². The van der Waals surface area contributed by atoms with Gasteiger partial charge in [-0.15, -0.1) is 0 Å². The molecule has 0 heterocycles. The van der Waals surface area contributed by atoms with E-state index in [0.29, 0.717) is 12.2 Å². The van der Waals surface area contributed by atoms with Crippen LogP contribution < -0.4 is 5.32 Å². The fourth-order valence-electron chi connectivity index (χ4n) is 1.52. The largest absolute Gasteiger partial charge is 0.454 e. The van der Waals surface area contributed by atoms with Crippen molar-refractivity contribution in [1.29, 1.82) is 0 Å². The average molecular weight is 296 g/mol. The lowest BCUT2D eigenvalue weighted by molar-refractivity contribution is -0.384. The molecule has 0 spiro atoms. The monoisotopic (exact) mass is 296 g/mol. The van der Waals surface area contributed by atoms with E-state index in [0.717, 1.165) is 0 Å². The quantitative estimate of drug-likeness (QED) is 0.463. The third-order valence-corrected chi connectivity index (χ3v) is 2.50. The van der Waals surface area contributed by atoms with Crippen LogP contribution in [0.4, 0.5) is 11.4 Å². The van der Waals surface area contributed by atoms with Crippen molar-refractivity contribution in [2.75, 3.05) is 25.1 Å². The second kappa shape index (κ2) is 7.95. The van der Waals surface area contributed by atoms with Gasteiger partial charge in [-0.2, -0.15) is 0 Å². The number of anilines is 1. The summed E-state index contributed by atoms with van der Waals surface area (Å²) in [6.07, 6.45) is 0. The van der Waals surface area contributed by atoms with Crippen molar-refractivity contribution in [3.05, 3.63) is 33.9 Å². The smallest absolute Gasteiger partial charge is 0.332 e. The summed E-state index contributed by atoms with van der Waals surface area (Å²) in [7, 11) is 0. The predicted molar refractivity (Wildman–Crippen MR) is 73.9 cm³/mol. The standard InChI is InChI=1S/C13H16N2O6/c1-3-20-8-12(17)21-7-11(16)14-13-9(2)5-4-6-10(13)15(18)19/h4-6H,3,7-8H2,1-2H3,(H,14,16). The van der Waals surface area contributed by atoms with Gasteiger partial charge in [-0.25, -0.2) is 4.79 Å². The third-order valence-electron chi connectivity index (χ3n) is 2.50. The fourth-order valence-corrected chi connectivity index (χ4v) is 1.52. The van der Waals surface area contributed by atoms with E-state index in [1.54, 1.807) is 19.9 Å². The maximum atomic E-state index is 11.7. The summed E-state index contributed by atoms with van der Waals surface area (Å²) >= 11 is 0. The first-order chi connectivity index (χ1) is 9.95. The number of nitro benzene ring substituents is 1. The minimum atomic E-state index is -0.675. The highest BCUT2D eigenvalue weighted by Gasteiger charge is 2.18. The number of carbonyl (C=O) groups excluding carboxylic acids is 2. The summed E-state index contributed by atoms with van der Waals surface area (Å²) in [4.78, 5) is 33.1. The maximum Gasteiger partial charge on any atom is 0.332 e. The van der Waals surface area contributed by atoms with E-state index >= 15 is 0 Å². The van der Waals surface area contributed by atoms with Gasteiger partial charge < -0.3 is 14.8 Å². The second-order valence-electron chi connectivity index (χ2n) is 4.07. The molecular formula is C13H16N2O6. The van der Waals surface area contributed by atoms with Crippen molar-refractivity contribution in [2.45, 2.75) is 13.8 Å². The van der Waals surface area contributed by atoms with Crippen LogP contribution >= 0.6 is 0 Å². The number of nitro groups is 1. The normalized spacial score (nSPS) is 10.0. The van der Waals surface area contributed by atoms with Gasteiger partial charge >= 0.3 is 5.97 Å². The number of aryl methyl sites for hydroxylation is 1. The zero-order chi connectivity index (χ0) is 15.8. The molecule has 21 heavy (non-hydrogen) atoms. The van der Waals surface area contributed by atoms with Crippen LogP contribution in [0.1, 0.15) is 12.5 Å². The van der Waals surface area contributed by atoms with Gasteiger partial charge in [0.2, 0.25) is 0 Å². The Kier molecular flexibility index (Phi) is 6.28. The van der Waals surface area contributed by atoms with Crippen LogP contribution in [0.5, 0.6) is 0 Å². The zero-order valence-corrected chi connectivity index (χ0v) is 11.8. The Balaban J connectivity index is 2.63. The Labute approximate surface area is 121 Å². The molecule has 0 unspecified atom stereocenters. The number of nitrogens with one attached hydrogen (secondary N) is 1. The molecule has 0 radical (unpaired) electrons. The maximum absolute atomic E-state index is 11.7. The number of ether oxygens (including phenoxy) is 2. The van der Waals surface area contributed by atoms with Crippen molar-refractivity contribution in [1.82, 2.24) is 0 Å². The molecule has 0 aliphatic rings. The fraction of sp³-hybridized carbons (Fsp3) is 0.385. The molecule has 0 fully saturated rings. The summed E-state index contributed by atoms with van der Waals surface area (Å²) < 4.78 is 9.49. The first kappa shape index (κ1) is 16.6. The Morgan fingerprint density at radius 1 is 1.33 bits per heavy atom. The number of benzene rings is 1. The van der Waals surface area contributed by atoms with E-state index < -0.39 is 23.4 Å². The number of hydrogen-bond acceptors (Lipinski definition) is 6. The predicted octanol–water partition coefficient (Wildman–Crippen LogP) is 1.42. The lowest BCUT2D eigenvalue weighted by Crippen LogP contribution is -2.23. The molecule has 0 atom stereocenters. The van der Waals surface area contributed by atoms with Crippen LogP contribution in [0.2, 0.25) is 0 Å². The Hall–Kier alpha value is -2.48. The number of rotatable bonds is 7. The average Bonchev–Trinajstić information content (AvgIpc) is 2.44. The van der Waals surface area contributed by atoms with Gasteiger partial charge in [0, 0.05) is 12.7 Å². The Morgan fingerprint density at radius 3 is 2.67 bits per heavy atom. The summed E-state index contributed by atoms with van der Waals surface area (Å²) in [5.74, 6) is -1.33. The molecule has 114 valence electrons. The van der Waals surface area contributed by atoms with Gasteiger partial charge in [0.25, 0.3) is 11.6 Å².